The van der Waals surface area contributed by atoms with Crippen LogP contribution in [0.2, 0.25) is 0 Å². The zero-order valence-electron chi connectivity index (χ0n) is 14.2. The van der Waals surface area contributed by atoms with E-state index in [2.05, 4.69) is 4.98 Å². The fourth-order valence-corrected chi connectivity index (χ4v) is 2.94. The first-order valence-corrected chi connectivity index (χ1v) is 7.96. The topological polar surface area (TPSA) is 115 Å². The summed E-state index contributed by atoms with van der Waals surface area (Å²) in [5, 5.41) is 9.77. The highest BCUT2D eigenvalue weighted by molar-refractivity contribution is 5.94. The second-order valence-electron chi connectivity index (χ2n) is 5.66. The van der Waals surface area contributed by atoms with Crippen LogP contribution < -0.4 is 15.0 Å². The number of ether oxygens (including phenoxy) is 3. The Morgan fingerprint density at radius 1 is 1.38 bits per heavy atom. The molecule has 1 aliphatic heterocycles. The van der Waals surface area contributed by atoms with Gasteiger partial charge >= 0.3 is 11.9 Å². The van der Waals surface area contributed by atoms with E-state index >= 15 is 0 Å². The number of nitrogens with one attached hydrogen (secondary N) is 1. The van der Waals surface area contributed by atoms with Crippen LogP contribution in [0.4, 0.5) is 0 Å². The molecule has 0 radical (unpaired) electrons. The number of benzene rings is 1. The number of carbonyl (C=O) groups is 2. The summed E-state index contributed by atoms with van der Waals surface area (Å²) >= 11 is 0. The van der Waals surface area contributed by atoms with Gasteiger partial charge in [-0.25, -0.2) is 4.79 Å². The van der Waals surface area contributed by atoms with E-state index in [1.807, 2.05) is 0 Å². The second kappa shape index (κ2) is 6.91. The van der Waals surface area contributed by atoms with Crippen molar-refractivity contribution in [2.75, 3.05) is 13.7 Å². The Bertz CT molecular complexity index is 932. The van der Waals surface area contributed by atoms with Gasteiger partial charge in [-0.05, 0) is 24.6 Å². The van der Waals surface area contributed by atoms with Crippen LogP contribution in [0.5, 0.6) is 17.2 Å². The number of fused-ring (bicyclic) bond motifs is 1. The minimum absolute atomic E-state index is 0.0229. The molecule has 0 saturated carbocycles. The summed E-state index contributed by atoms with van der Waals surface area (Å²) in [5.74, 6) is -1.88. The highest BCUT2D eigenvalue weighted by atomic mass is 16.5. The fourth-order valence-electron chi connectivity index (χ4n) is 2.94. The lowest BCUT2D eigenvalue weighted by atomic mass is 9.86. The van der Waals surface area contributed by atoms with Gasteiger partial charge in [-0.15, -0.1) is 0 Å². The number of pyridine rings is 1. The van der Waals surface area contributed by atoms with Gasteiger partial charge in [0.1, 0.15) is 5.56 Å². The van der Waals surface area contributed by atoms with Crippen LogP contribution in [-0.2, 0) is 9.53 Å². The number of hydrogen-bond acceptors (Lipinski definition) is 7. The third-order valence-corrected chi connectivity index (χ3v) is 4.12. The number of aromatic hydroxyl groups is 1. The van der Waals surface area contributed by atoms with Crippen molar-refractivity contribution >= 4 is 11.9 Å². The van der Waals surface area contributed by atoms with Crippen molar-refractivity contribution < 1.29 is 28.9 Å². The first-order chi connectivity index (χ1) is 12.5. The largest absolute Gasteiger partial charge is 0.504 e. The van der Waals surface area contributed by atoms with Gasteiger partial charge in [0.2, 0.25) is 0 Å². The van der Waals surface area contributed by atoms with Crippen LogP contribution >= 0.6 is 0 Å². The predicted octanol–water partition coefficient (Wildman–Crippen LogP) is 1.71. The average Bonchev–Trinajstić information content (AvgIpc) is 2.61. The number of methoxy groups -OCH3 is 1. The van der Waals surface area contributed by atoms with Gasteiger partial charge in [-0.3, -0.25) is 9.59 Å². The van der Waals surface area contributed by atoms with Gasteiger partial charge in [0.15, 0.2) is 17.2 Å². The van der Waals surface area contributed by atoms with Crippen molar-refractivity contribution in [3.8, 4) is 17.2 Å². The summed E-state index contributed by atoms with van der Waals surface area (Å²) in [4.78, 5) is 39.2. The van der Waals surface area contributed by atoms with Crippen LogP contribution in [0, 0.1) is 0 Å². The molecule has 0 amide bonds. The van der Waals surface area contributed by atoms with Gasteiger partial charge in [0.05, 0.1) is 25.7 Å². The molecule has 8 heteroatoms. The molecule has 0 aliphatic carbocycles. The molecule has 1 aromatic carbocycles. The number of phenolic OH excluding ortho intramolecular Hbond substituents is 1. The normalized spacial score (nSPS) is 15.8. The van der Waals surface area contributed by atoms with Crippen LogP contribution in [0.1, 0.15) is 40.7 Å². The Morgan fingerprint density at radius 2 is 2.15 bits per heavy atom. The minimum atomic E-state index is -0.697. The van der Waals surface area contributed by atoms with Crippen molar-refractivity contribution in [1.29, 1.82) is 0 Å². The van der Waals surface area contributed by atoms with E-state index < -0.39 is 23.4 Å². The standard InChI is InChI=1S/C18H17NO7/c1-3-25-18(23)11-8-19-17(22)15-10(7-14(21)26-16(11)15)9-4-5-12(20)13(6-9)24-2/h4-6,8,10,20H,3,7H2,1-2H3,(H,19,22). The fraction of sp³-hybridized carbons (Fsp3) is 0.278. The van der Waals surface area contributed by atoms with Crippen molar-refractivity contribution in [3.05, 3.63) is 51.4 Å². The molecule has 0 fully saturated rings. The van der Waals surface area contributed by atoms with Crippen LogP contribution in [0.25, 0.3) is 0 Å². The highest BCUT2D eigenvalue weighted by Gasteiger charge is 2.35. The first-order valence-electron chi connectivity index (χ1n) is 7.96. The van der Waals surface area contributed by atoms with Gasteiger partial charge in [-0.2, -0.15) is 0 Å². The van der Waals surface area contributed by atoms with Crippen LogP contribution in [-0.4, -0.2) is 35.7 Å². The third-order valence-electron chi connectivity index (χ3n) is 4.12. The molecule has 0 saturated heterocycles. The number of hydrogen-bond donors (Lipinski definition) is 2. The number of esters is 2. The number of H-pyrrole nitrogens is 1. The van der Waals surface area contributed by atoms with E-state index in [-0.39, 0.29) is 41.4 Å². The molecule has 1 aromatic heterocycles. The average molecular weight is 359 g/mol. The zero-order valence-corrected chi connectivity index (χ0v) is 14.2. The number of aromatic nitrogens is 1. The van der Waals surface area contributed by atoms with Crippen LogP contribution in [0.3, 0.4) is 0 Å². The smallest absolute Gasteiger partial charge is 0.343 e. The number of phenols is 1. The maximum Gasteiger partial charge on any atom is 0.343 e. The number of carbonyl (C=O) groups excluding carboxylic acids is 2. The summed E-state index contributed by atoms with van der Waals surface area (Å²) in [6, 6.07) is 4.54. The van der Waals surface area contributed by atoms with Gasteiger partial charge in [0, 0.05) is 12.1 Å². The highest BCUT2D eigenvalue weighted by Crippen LogP contribution is 2.40. The molecule has 8 nitrogen and oxygen atoms in total. The predicted molar refractivity (Wildman–Crippen MR) is 89.8 cm³/mol. The Hall–Kier alpha value is -3.29. The first kappa shape index (κ1) is 17.5. The van der Waals surface area contributed by atoms with Gasteiger partial charge in [0.25, 0.3) is 5.56 Å². The maximum atomic E-state index is 12.4. The van der Waals surface area contributed by atoms with Gasteiger partial charge < -0.3 is 24.3 Å². The van der Waals surface area contributed by atoms with Crippen molar-refractivity contribution in [2.45, 2.75) is 19.3 Å². The van der Waals surface area contributed by atoms with E-state index in [9.17, 15) is 19.5 Å². The van der Waals surface area contributed by atoms with Crippen molar-refractivity contribution in [1.82, 2.24) is 4.98 Å². The SMILES string of the molecule is CCOC(=O)c1c[nH]c(=O)c2c1OC(=O)CC2c1ccc(O)c(OC)c1. The van der Waals surface area contributed by atoms with Crippen molar-refractivity contribution in [2.24, 2.45) is 0 Å². The summed E-state index contributed by atoms with van der Waals surface area (Å²) in [6.45, 7) is 1.78. The quantitative estimate of drug-likeness (QED) is 0.799. The molecular weight excluding hydrogens is 342 g/mol. The van der Waals surface area contributed by atoms with E-state index in [1.54, 1.807) is 19.1 Å². The Morgan fingerprint density at radius 3 is 2.85 bits per heavy atom. The summed E-state index contributed by atoms with van der Waals surface area (Å²) in [5.41, 5.74) is 0.231. The van der Waals surface area contributed by atoms with E-state index in [4.69, 9.17) is 14.2 Å². The molecular formula is C18H17NO7. The molecule has 2 N–H and O–H groups in total. The van der Waals surface area contributed by atoms with Gasteiger partial charge in [-0.1, -0.05) is 6.07 Å². The molecule has 2 heterocycles. The lowest BCUT2D eigenvalue weighted by Gasteiger charge is -2.25. The summed E-state index contributed by atoms with van der Waals surface area (Å²) in [7, 11) is 1.40. The lowest BCUT2D eigenvalue weighted by molar-refractivity contribution is -0.135. The maximum absolute atomic E-state index is 12.4. The third kappa shape index (κ3) is 3.01. The molecule has 2 aromatic rings. The van der Waals surface area contributed by atoms with Crippen molar-refractivity contribution in [3.63, 3.8) is 0 Å². The number of aromatic amines is 1. The summed E-state index contributed by atoms with van der Waals surface area (Å²) < 4.78 is 15.2. The molecule has 1 aliphatic rings. The van der Waals surface area contributed by atoms with E-state index in [1.165, 1.54) is 19.4 Å². The Labute approximate surface area is 148 Å². The summed E-state index contributed by atoms with van der Waals surface area (Å²) in [6.07, 6.45) is 1.09. The number of rotatable bonds is 4. The van der Waals surface area contributed by atoms with Crippen LogP contribution in [0.15, 0.2) is 29.2 Å². The monoisotopic (exact) mass is 359 g/mol. The second-order valence-corrected chi connectivity index (χ2v) is 5.66. The molecule has 1 atom stereocenters. The molecule has 26 heavy (non-hydrogen) atoms. The molecule has 3 rings (SSSR count). The Kier molecular flexibility index (Phi) is 4.66. The lowest BCUT2D eigenvalue weighted by Crippen LogP contribution is -2.30. The Balaban J connectivity index is 2.18. The molecule has 136 valence electrons. The van der Waals surface area contributed by atoms with E-state index in [0.29, 0.717) is 5.56 Å². The minimum Gasteiger partial charge on any atom is -0.504 e. The molecule has 1 unspecified atom stereocenters. The molecule has 0 spiro atoms. The zero-order chi connectivity index (χ0) is 18.8. The van der Waals surface area contributed by atoms with E-state index in [0.717, 1.165) is 0 Å². The molecule has 0 bridgehead atoms.